The minimum Gasteiger partial charge on any atom is -0.320 e. The molecule has 1 aliphatic heterocycles. The Kier molecular flexibility index (Phi) is 4.51. The number of para-hydroxylation sites is 1. The van der Waals surface area contributed by atoms with Crippen molar-refractivity contribution in [3.05, 3.63) is 65.6 Å². The van der Waals surface area contributed by atoms with Gasteiger partial charge in [0, 0.05) is 49.2 Å². The SMILES string of the molecule is CN1CCc2c(c3ccccc3n2C=Cc2ccncc2)C1.Cl. The van der Waals surface area contributed by atoms with Gasteiger partial charge in [-0.15, -0.1) is 12.4 Å². The molecule has 4 heteroatoms. The van der Waals surface area contributed by atoms with Crippen LogP contribution in [-0.2, 0) is 13.0 Å². The molecular weight excluding hydrogens is 306 g/mol. The molecule has 0 aliphatic carbocycles. The first-order chi connectivity index (χ1) is 10.8. The van der Waals surface area contributed by atoms with Gasteiger partial charge < -0.3 is 9.47 Å². The molecule has 2 aromatic heterocycles. The summed E-state index contributed by atoms with van der Waals surface area (Å²) >= 11 is 0. The third-order valence-corrected chi connectivity index (χ3v) is 4.41. The van der Waals surface area contributed by atoms with E-state index in [2.05, 4.69) is 58.0 Å². The first kappa shape index (κ1) is 15.8. The van der Waals surface area contributed by atoms with Gasteiger partial charge in [0.05, 0.1) is 5.52 Å². The zero-order valence-corrected chi connectivity index (χ0v) is 14.0. The molecule has 1 aromatic carbocycles. The maximum absolute atomic E-state index is 4.07. The van der Waals surface area contributed by atoms with Crippen molar-refractivity contribution in [1.29, 1.82) is 0 Å². The second-order valence-corrected chi connectivity index (χ2v) is 5.90. The van der Waals surface area contributed by atoms with Crippen LogP contribution in [0.3, 0.4) is 0 Å². The fourth-order valence-electron chi connectivity index (χ4n) is 3.28. The summed E-state index contributed by atoms with van der Waals surface area (Å²) in [6.07, 6.45) is 9.12. The first-order valence-electron chi connectivity index (χ1n) is 7.70. The van der Waals surface area contributed by atoms with Gasteiger partial charge in [-0.05, 0) is 42.4 Å². The van der Waals surface area contributed by atoms with Gasteiger partial charge in [-0.25, -0.2) is 0 Å². The highest BCUT2D eigenvalue weighted by Crippen LogP contribution is 2.30. The molecule has 0 atom stereocenters. The van der Waals surface area contributed by atoms with Crippen LogP contribution in [0.15, 0.2) is 48.8 Å². The van der Waals surface area contributed by atoms with Crippen molar-refractivity contribution in [1.82, 2.24) is 14.5 Å². The van der Waals surface area contributed by atoms with Crippen molar-refractivity contribution in [2.24, 2.45) is 0 Å². The Morgan fingerprint density at radius 3 is 2.70 bits per heavy atom. The molecule has 0 saturated carbocycles. The minimum absolute atomic E-state index is 0. The topological polar surface area (TPSA) is 21.1 Å². The largest absolute Gasteiger partial charge is 0.320 e. The molecule has 0 unspecified atom stereocenters. The van der Waals surface area contributed by atoms with Crippen molar-refractivity contribution in [2.45, 2.75) is 13.0 Å². The van der Waals surface area contributed by atoms with Crippen LogP contribution in [0.25, 0.3) is 23.2 Å². The molecule has 3 nitrogen and oxygen atoms in total. The van der Waals surface area contributed by atoms with Crippen molar-refractivity contribution < 1.29 is 0 Å². The number of hydrogen-bond donors (Lipinski definition) is 0. The standard InChI is InChI=1S/C19H19N3.ClH/c1-21-12-9-19-17(14-21)16-4-2-3-5-18(16)22(19)13-8-15-6-10-20-11-7-15;/h2-8,10-11,13H,9,12,14H2,1H3;1H. The van der Waals surface area contributed by atoms with Crippen molar-refractivity contribution in [3.8, 4) is 0 Å². The Hall–Kier alpha value is -2.10. The Morgan fingerprint density at radius 1 is 1.09 bits per heavy atom. The summed E-state index contributed by atoms with van der Waals surface area (Å²) in [5, 5.41) is 1.38. The molecule has 0 N–H and O–H groups in total. The fourth-order valence-corrected chi connectivity index (χ4v) is 3.28. The van der Waals surface area contributed by atoms with Gasteiger partial charge >= 0.3 is 0 Å². The summed E-state index contributed by atoms with van der Waals surface area (Å²) in [5.74, 6) is 0. The Labute approximate surface area is 142 Å². The third-order valence-electron chi connectivity index (χ3n) is 4.41. The fraction of sp³-hybridized carbons (Fsp3) is 0.211. The molecule has 3 heterocycles. The lowest BCUT2D eigenvalue weighted by atomic mass is 10.1. The highest BCUT2D eigenvalue weighted by Gasteiger charge is 2.20. The zero-order valence-electron chi connectivity index (χ0n) is 13.1. The highest BCUT2D eigenvalue weighted by molar-refractivity contribution is 5.88. The maximum Gasteiger partial charge on any atom is 0.0528 e. The second kappa shape index (κ2) is 6.57. The van der Waals surface area contributed by atoms with E-state index < -0.39 is 0 Å². The first-order valence-corrected chi connectivity index (χ1v) is 7.70. The monoisotopic (exact) mass is 325 g/mol. The number of benzene rings is 1. The van der Waals surface area contributed by atoms with Gasteiger partial charge in [-0.1, -0.05) is 18.2 Å². The molecule has 0 radical (unpaired) electrons. The van der Waals surface area contributed by atoms with Crippen LogP contribution in [0.1, 0.15) is 16.8 Å². The molecule has 0 amide bonds. The molecule has 0 saturated heterocycles. The number of nitrogens with zero attached hydrogens (tertiary/aromatic N) is 3. The van der Waals surface area contributed by atoms with Crippen molar-refractivity contribution in [3.63, 3.8) is 0 Å². The van der Waals surface area contributed by atoms with Gasteiger partial charge in [0.15, 0.2) is 0 Å². The second-order valence-electron chi connectivity index (χ2n) is 5.90. The van der Waals surface area contributed by atoms with Gasteiger partial charge in [-0.3, -0.25) is 4.98 Å². The molecule has 1 aliphatic rings. The van der Waals surface area contributed by atoms with E-state index in [0.717, 1.165) is 19.5 Å². The van der Waals surface area contributed by atoms with Crippen LogP contribution in [0.2, 0.25) is 0 Å². The molecule has 4 rings (SSSR count). The average Bonchev–Trinajstić information content (AvgIpc) is 2.87. The number of rotatable bonds is 2. The summed E-state index contributed by atoms with van der Waals surface area (Å²) in [6, 6.07) is 12.8. The predicted octanol–water partition coefficient (Wildman–Crippen LogP) is 4.07. The van der Waals surface area contributed by atoms with E-state index in [9.17, 15) is 0 Å². The van der Waals surface area contributed by atoms with E-state index >= 15 is 0 Å². The van der Waals surface area contributed by atoms with E-state index in [1.807, 2.05) is 24.5 Å². The van der Waals surface area contributed by atoms with Crippen LogP contribution in [0.4, 0.5) is 0 Å². The summed E-state index contributed by atoms with van der Waals surface area (Å²) in [4.78, 5) is 6.47. The van der Waals surface area contributed by atoms with Gasteiger partial charge in [0.1, 0.15) is 0 Å². The molecule has 23 heavy (non-hydrogen) atoms. The lowest BCUT2D eigenvalue weighted by molar-refractivity contribution is 0.312. The summed E-state index contributed by atoms with van der Waals surface area (Å²) in [5.41, 5.74) is 5.40. The zero-order chi connectivity index (χ0) is 14.9. The number of fused-ring (bicyclic) bond motifs is 3. The Morgan fingerprint density at radius 2 is 1.87 bits per heavy atom. The lowest BCUT2D eigenvalue weighted by Gasteiger charge is -2.23. The normalized spacial score (nSPS) is 14.8. The van der Waals surface area contributed by atoms with Crippen LogP contribution in [-0.4, -0.2) is 28.0 Å². The number of halogens is 1. The highest BCUT2D eigenvalue weighted by atomic mass is 35.5. The average molecular weight is 326 g/mol. The Bertz CT molecular complexity index is 836. The van der Waals surface area contributed by atoms with Gasteiger partial charge in [-0.2, -0.15) is 0 Å². The summed E-state index contributed by atoms with van der Waals surface area (Å²) in [7, 11) is 2.20. The smallest absolute Gasteiger partial charge is 0.0528 e. The van der Waals surface area contributed by atoms with E-state index in [1.165, 1.54) is 27.7 Å². The van der Waals surface area contributed by atoms with Gasteiger partial charge in [0.25, 0.3) is 0 Å². The van der Waals surface area contributed by atoms with Crippen LogP contribution < -0.4 is 0 Å². The lowest BCUT2D eigenvalue weighted by Crippen LogP contribution is -2.26. The van der Waals surface area contributed by atoms with E-state index in [0.29, 0.717) is 0 Å². The van der Waals surface area contributed by atoms with E-state index in [1.54, 1.807) is 0 Å². The molecule has 0 bridgehead atoms. The van der Waals surface area contributed by atoms with Crippen molar-refractivity contribution >= 4 is 35.6 Å². The number of hydrogen-bond acceptors (Lipinski definition) is 2. The summed E-state index contributed by atoms with van der Waals surface area (Å²) < 4.78 is 2.36. The van der Waals surface area contributed by atoms with Crippen molar-refractivity contribution in [2.75, 3.05) is 13.6 Å². The minimum atomic E-state index is 0. The molecule has 3 aromatic rings. The molecular formula is C19H20ClN3. The van der Waals surface area contributed by atoms with Crippen LogP contribution in [0.5, 0.6) is 0 Å². The predicted molar refractivity (Wildman–Crippen MR) is 98.7 cm³/mol. The third kappa shape index (κ3) is 2.90. The number of aromatic nitrogens is 2. The Balaban J connectivity index is 0.00000156. The van der Waals surface area contributed by atoms with Crippen LogP contribution in [0, 0.1) is 0 Å². The van der Waals surface area contributed by atoms with E-state index in [-0.39, 0.29) is 12.4 Å². The van der Waals surface area contributed by atoms with E-state index in [4.69, 9.17) is 0 Å². The summed E-state index contributed by atoms with van der Waals surface area (Å²) in [6.45, 7) is 2.15. The van der Waals surface area contributed by atoms with Gasteiger partial charge in [0.2, 0.25) is 0 Å². The molecule has 0 fully saturated rings. The number of pyridine rings is 1. The number of likely N-dealkylation sites (N-methyl/N-ethyl adjacent to an activating group) is 1. The molecule has 0 spiro atoms. The van der Waals surface area contributed by atoms with Crippen LogP contribution >= 0.6 is 12.4 Å². The quantitative estimate of drug-likeness (QED) is 0.708. The maximum atomic E-state index is 4.07. The molecule has 118 valence electrons.